The van der Waals surface area contributed by atoms with E-state index in [4.69, 9.17) is 9.52 Å². The molecule has 3 rings (SSSR count). The van der Waals surface area contributed by atoms with Gasteiger partial charge in [-0.15, -0.1) is 0 Å². The summed E-state index contributed by atoms with van der Waals surface area (Å²) in [5.74, 6) is -1.59. The SMILES string of the molecule is O=C(O)c1cccc(S(=O)(=O)Nc2cccc(NC(=O)c3ccco3)c2)c1. The molecule has 0 unspecified atom stereocenters. The van der Waals surface area contributed by atoms with Crippen LogP contribution in [0.1, 0.15) is 20.9 Å². The third kappa shape index (κ3) is 4.33. The Kier molecular flexibility index (Phi) is 4.95. The van der Waals surface area contributed by atoms with Gasteiger partial charge in [0.15, 0.2) is 5.76 Å². The highest BCUT2D eigenvalue weighted by Crippen LogP contribution is 2.21. The van der Waals surface area contributed by atoms with E-state index >= 15 is 0 Å². The average molecular weight is 386 g/mol. The molecule has 9 heteroatoms. The first-order valence-electron chi connectivity index (χ1n) is 7.66. The molecule has 0 bridgehead atoms. The molecule has 1 aromatic heterocycles. The number of anilines is 2. The van der Waals surface area contributed by atoms with Crippen LogP contribution in [-0.2, 0) is 10.0 Å². The van der Waals surface area contributed by atoms with Crippen LogP contribution in [0.15, 0.2) is 76.2 Å². The molecule has 3 N–H and O–H groups in total. The molecule has 1 amide bonds. The lowest BCUT2D eigenvalue weighted by atomic mass is 10.2. The maximum absolute atomic E-state index is 12.5. The molecule has 0 aliphatic heterocycles. The van der Waals surface area contributed by atoms with Crippen molar-refractivity contribution in [1.29, 1.82) is 0 Å². The Hall–Kier alpha value is -3.59. The van der Waals surface area contributed by atoms with Crippen molar-refractivity contribution < 1.29 is 27.5 Å². The second-order valence-corrected chi connectivity index (χ2v) is 7.13. The van der Waals surface area contributed by atoms with Gasteiger partial charge in [-0.25, -0.2) is 13.2 Å². The summed E-state index contributed by atoms with van der Waals surface area (Å²) in [6.07, 6.45) is 1.37. The van der Waals surface area contributed by atoms with Gasteiger partial charge in [0.05, 0.1) is 22.4 Å². The van der Waals surface area contributed by atoms with Crippen molar-refractivity contribution in [2.75, 3.05) is 10.0 Å². The second kappa shape index (κ2) is 7.34. The number of carboxylic acid groups (broad SMARTS) is 1. The number of hydrogen-bond donors (Lipinski definition) is 3. The predicted octanol–water partition coefficient (Wildman–Crippen LogP) is 3.03. The number of rotatable bonds is 6. The van der Waals surface area contributed by atoms with Gasteiger partial charge < -0.3 is 14.8 Å². The fourth-order valence-electron chi connectivity index (χ4n) is 2.27. The van der Waals surface area contributed by atoms with E-state index < -0.39 is 21.9 Å². The summed E-state index contributed by atoms with van der Waals surface area (Å²) in [5, 5.41) is 11.6. The Morgan fingerprint density at radius 3 is 2.37 bits per heavy atom. The molecular weight excluding hydrogens is 372 g/mol. The second-order valence-electron chi connectivity index (χ2n) is 5.45. The van der Waals surface area contributed by atoms with Crippen molar-refractivity contribution >= 4 is 33.3 Å². The first-order chi connectivity index (χ1) is 12.8. The highest BCUT2D eigenvalue weighted by Gasteiger charge is 2.17. The molecule has 0 fully saturated rings. The quantitative estimate of drug-likeness (QED) is 0.598. The van der Waals surface area contributed by atoms with Crippen LogP contribution in [0.2, 0.25) is 0 Å². The predicted molar refractivity (Wildman–Crippen MR) is 97.3 cm³/mol. The minimum atomic E-state index is -4.00. The molecule has 0 spiro atoms. The van der Waals surface area contributed by atoms with E-state index in [0.717, 1.165) is 6.07 Å². The van der Waals surface area contributed by atoms with Crippen LogP contribution in [0, 0.1) is 0 Å². The smallest absolute Gasteiger partial charge is 0.335 e. The maximum atomic E-state index is 12.5. The molecule has 138 valence electrons. The van der Waals surface area contributed by atoms with Gasteiger partial charge in [-0.2, -0.15) is 0 Å². The van der Waals surface area contributed by atoms with E-state index in [-0.39, 0.29) is 21.9 Å². The van der Waals surface area contributed by atoms with Crippen molar-refractivity contribution in [1.82, 2.24) is 0 Å². The van der Waals surface area contributed by atoms with E-state index in [1.165, 1.54) is 42.7 Å². The molecule has 2 aromatic carbocycles. The number of carbonyl (C=O) groups excluding carboxylic acids is 1. The molecule has 27 heavy (non-hydrogen) atoms. The molecule has 0 aliphatic rings. The fraction of sp³-hybridized carbons (Fsp3) is 0. The number of amides is 1. The van der Waals surface area contributed by atoms with Crippen molar-refractivity contribution in [2.24, 2.45) is 0 Å². The third-order valence-electron chi connectivity index (χ3n) is 3.51. The Bertz CT molecular complexity index is 1090. The number of hydrogen-bond acceptors (Lipinski definition) is 5. The van der Waals surface area contributed by atoms with Gasteiger partial charge in [0.2, 0.25) is 0 Å². The van der Waals surface area contributed by atoms with Crippen LogP contribution in [-0.4, -0.2) is 25.4 Å². The van der Waals surface area contributed by atoms with Gasteiger partial charge >= 0.3 is 5.97 Å². The Morgan fingerprint density at radius 2 is 1.67 bits per heavy atom. The molecule has 0 radical (unpaired) electrons. The summed E-state index contributed by atoms with van der Waals surface area (Å²) in [6.45, 7) is 0. The Labute approximate surface area is 154 Å². The maximum Gasteiger partial charge on any atom is 0.335 e. The Morgan fingerprint density at radius 1 is 0.926 bits per heavy atom. The van der Waals surface area contributed by atoms with Gasteiger partial charge in [0.25, 0.3) is 15.9 Å². The van der Waals surface area contributed by atoms with Crippen LogP contribution in [0.3, 0.4) is 0 Å². The molecule has 8 nitrogen and oxygen atoms in total. The van der Waals surface area contributed by atoms with Crippen LogP contribution in [0.5, 0.6) is 0 Å². The molecule has 0 saturated carbocycles. The van der Waals surface area contributed by atoms with Crippen LogP contribution in [0.4, 0.5) is 11.4 Å². The van der Waals surface area contributed by atoms with E-state index in [0.29, 0.717) is 5.69 Å². The zero-order valence-electron chi connectivity index (χ0n) is 13.7. The molecule has 0 saturated heterocycles. The lowest BCUT2D eigenvalue weighted by Gasteiger charge is -2.10. The van der Waals surface area contributed by atoms with E-state index in [9.17, 15) is 18.0 Å². The molecular formula is C18H14N2O6S. The van der Waals surface area contributed by atoms with Gasteiger partial charge in [-0.3, -0.25) is 9.52 Å². The van der Waals surface area contributed by atoms with Crippen molar-refractivity contribution in [3.63, 3.8) is 0 Å². The minimum Gasteiger partial charge on any atom is -0.478 e. The topological polar surface area (TPSA) is 126 Å². The first kappa shape index (κ1) is 18.2. The molecule has 0 aliphatic carbocycles. The monoisotopic (exact) mass is 386 g/mol. The number of carbonyl (C=O) groups is 2. The van der Waals surface area contributed by atoms with Crippen LogP contribution in [0.25, 0.3) is 0 Å². The van der Waals surface area contributed by atoms with Crippen molar-refractivity contribution in [3.8, 4) is 0 Å². The number of aromatic carboxylic acids is 1. The zero-order chi connectivity index (χ0) is 19.4. The van der Waals surface area contributed by atoms with Gasteiger partial charge in [0, 0.05) is 5.69 Å². The number of benzene rings is 2. The number of nitrogens with one attached hydrogen (secondary N) is 2. The van der Waals surface area contributed by atoms with Gasteiger partial charge in [0.1, 0.15) is 0 Å². The van der Waals surface area contributed by atoms with Gasteiger partial charge in [-0.1, -0.05) is 12.1 Å². The normalized spacial score (nSPS) is 11.0. The van der Waals surface area contributed by atoms with Crippen molar-refractivity contribution in [2.45, 2.75) is 4.90 Å². The highest BCUT2D eigenvalue weighted by atomic mass is 32.2. The Balaban J connectivity index is 1.80. The summed E-state index contributed by atoms with van der Waals surface area (Å²) in [5.41, 5.74) is 0.418. The van der Waals surface area contributed by atoms with E-state index in [1.807, 2.05) is 0 Å². The molecule has 3 aromatic rings. The summed E-state index contributed by atoms with van der Waals surface area (Å²) in [7, 11) is -4.00. The largest absolute Gasteiger partial charge is 0.478 e. The minimum absolute atomic E-state index is 0.117. The number of furan rings is 1. The summed E-state index contributed by atoms with van der Waals surface area (Å²) in [6, 6.07) is 14.1. The standard InChI is InChI=1S/C18H14N2O6S/c21-17(16-8-3-9-26-16)19-13-5-2-6-14(11-13)20-27(24,25)15-7-1-4-12(10-15)18(22)23/h1-11,20H,(H,19,21)(H,22,23). The van der Waals surface area contributed by atoms with E-state index in [1.54, 1.807) is 18.2 Å². The first-order valence-corrected chi connectivity index (χ1v) is 9.14. The molecule has 0 atom stereocenters. The third-order valence-corrected chi connectivity index (χ3v) is 4.89. The van der Waals surface area contributed by atoms with Crippen LogP contribution < -0.4 is 10.0 Å². The summed E-state index contributed by atoms with van der Waals surface area (Å²) < 4.78 is 32.3. The van der Waals surface area contributed by atoms with Crippen LogP contribution >= 0.6 is 0 Å². The van der Waals surface area contributed by atoms with Gasteiger partial charge in [-0.05, 0) is 48.5 Å². The average Bonchev–Trinajstić information content (AvgIpc) is 3.16. The summed E-state index contributed by atoms with van der Waals surface area (Å²) in [4.78, 5) is 22.8. The lowest BCUT2D eigenvalue weighted by Crippen LogP contribution is -2.14. The van der Waals surface area contributed by atoms with Crippen molar-refractivity contribution in [3.05, 3.63) is 78.3 Å². The summed E-state index contributed by atoms with van der Waals surface area (Å²) >= 11 is 0. The van der Waals surface area contributed by atoms with E-state index in [2.05, 4.69) is 10.0 Å². The lowest BCUT2D eigenvalue weighted by molar-refractivity contribution is 0.0696. The molecule has 1 heterocycles. The number of sulfonamides is 1. The number of carboxylic acids is 1. The highest BCUT2D eigenvalue weighted by molar-refractivity contribution is 7.92. The fourth-order valence-corrected chi connectivity index (χ4v) is 3.37. The zero-order valence-corrected chi connectivity index (χ0v) is 14.6.